The highest BCUT2D eigenvalue weighted by atomic mass is 32.2. The fourth-order valence-corrected chi connectivity index (χ4v) is 4.07. The quantitative estimate of drug-likeness (QED) is 0.540. The highest BCUT2D eigenvalue weighted by Gasteiger charge is 2.39. The zero-order chi connectivity index (χ0) is 24.0. The number of benzene rings is 2. The topological polar surface area (TPSA) is 80.2 Å². The maximum absolute atomic E-state index is 13.8. The summed E-state index contributed by atoms with van der Waals surface area (Å²) in [6.07, 6.45) is -0.274. The summed E-state index contributed by atoms with van der Waals surface area (Å²) < 4.78 is 60.8. The summed E-state index contributed by atoms with van der Waals surface area (Å²) in [7, 11) is 1.47. The Labute approximate surface area is 190 Å². The first-order valence-electron chi connectivity index (χ1n) is 9.62. The van der Waals surface area contributed by atoms with Crippen LogP contribution in [0.4, 0.5) is 28.9 Å². The Morgan fingerprint density at radius 2 is 1.94 bits per heavy atom. The van der Waals surface area contributed by atoms with Gasteiger partial charge in [0.1, 0.15) is 22.6 Å². The predicted molar refractivity (Wildman–Crippen MR) is 115 cm³/mol. The number of methoxy groups -OCH3 is 1. The molecule has 1 atom stereocenters. The van der Waals surface area contributed by atoms with Crippen molar-refractivity contribution < 1.29 is 36.6 Å². The number of rotatable bonds is 9. The van der Waals surface area contributed by atoms with Crippen LogP contribution in [0.25, 0.3) is 0 Å². The number of anilines is 1. The van der Waals surface area contributed by atoms with Gasteiger partial charge in [-0.2, -0.15) is 8.78 Å². The SMILES string of the molecule is COCCN1C(=O)C(CC(=O)Nc2ccc(F)cc2F)SC1=Nc1ccc(OC(F)F)cc1. The number of aliphatic imine (C=N–C) groups is 1. The lowest BCUT2D eigenvalue weighted by atomic mass is 10.2. The van der Waals surface area contributed by atoms with E-state index in [-0.39, 0.29) is 36.9 Å². The summed E-state index contributed by atoms with van der Waals surface area (Å²) in [5, 5.41) is 1.79. The van der Waals surface area contributed by atoms with Gasteiger partial charge in [-0.25, -0.2) is 13.8 Å². The number of amides is 2. The van der Waals surface area contributed by atoms with Gasteiger partial charge in [0.2, 0.25) is 11.8 Å². The van der Waals surface area contributed by atoms with Crippen molar-refractivity contribution in [1.82, 2.24) is 4.90 Å². The van der Waals surface area contributed by atoms with Gasteiger partial charge in [0.15, 0.2) is 5.17 Å². The highest BCUT2D eigenvalue weighted by molar-refractivity contribution is 8.15. The van der Waals surface area contributed by atoms with E-state index in [1.807, 2.05) is 0 Å². The van der Waals surface area contributed by atoms with Crippen LogP contribution in [-0.2, 0) is 14.3 Å². The normalized spacial score (nSPS) is 17.2. The lowest BCUT2D eigenvalue weighted by Crippen LogP contribution is -2.35. The molecule has 0 bridgehead atoms. The van der Waals surface area contributed by atoms with Crippen molar-refractivity contribution >= 4 is 40.1 Å². The molecular weight excluding hydrogens is 466 g/mol. The minimum atomic E-state index is -2.95. The van der Waals surface area contributed by atoms with Crippen LogP contribution in [0.1, 0.15) is 6.42 Å². The molecule has 176 valence electrons. The summed E-state index contributed by atoms with van der Waals surface area (Å²) in [6, 6.07) is 8.25. The Morgan fingerprint density at radius 1 is 1.21 bits per heavy atom. The Hall–Kier alpha value is -3.12. The third kappa shape index (κ3) is 6.68. The molecule has 2 amide bonds. The smallest absolute Gasteiger partial charge is 0.387 e. The van der Waals surface area contributed by atoms with Crippen LogP contribution >= 0.6 is 11.8 Å². The van der Waals surface area contributed by atoms with Crippen molar-refractivity contribution in [3.05, 3.63) is 54.1 Å². The van der Waals surface area contributed by atoms with E-state index in [9.17, 15) is 27.2 Å². The molecule has 1 aliphatic rings. The van der Waals surface area contributed by atoms with E-state index in [4.69, 9.17) is 4.74 Å². The molecule has 33 heavy (non-hydrogen) atoms. The maximum Gasteiger partial charge on any atom is 0.387 e. The van der Waals surface area contributed by atoms with Crippen LogP contribution in [-0.4, -0.2) is 54.0 Å². The molecule has 0 radical (unpaired) electrons. The fraction of sp³-hybridized carbons (Fsp3) is 0.286. The number of alkyl halides is 2. The summed E-state index contributed by atoms with van der Waals surface area (Å²) in [4.78, 5) is 31.0. The third-order valence-electron chi connectivity index (χ3n) is 4.40. The van der Waals surface area contributed by atoms with Crippen molar-refractivity contribution in [2.45, 2.75) is 18.3 Å². The second-order valence-corrected chi connectivity index (χ2v) is 7.90. The average Bonchev–Trinajstić information content (AvgIpc) is 3.03. The molecule has 1 aliphatic heterocycles. The number of thioether (sulfide) groups is 1. The summed E-state index contributed by atoms with van der Waals surface area (Å²) >= 11 is 1.04. The molecule has 3 rings (SSSR count). The van der Waals surface area contributed by atoms with E-state index in [0.717, 1.165) is 23.9 Å². The molecule has 1 N–H and O–H groups in total. The second-order valence-electron chi connectivity index (χ2n) is 6.73. The van der Waals surface area contributed by atoms with Crippen molar-refractivity contribution in [1.29, 1.82) is 0 Å². The van der Waals surface area contributed by atoms with Gasteiger partial charge in [-0.1, -0.05) is 11.8 Å². The Morgan fingerprint density at radius 3 is 2.58 bits per heavy atom. The zero-order valence-corrected chi connectivity index (χ0v) is 18.1. The molecule has 0 spiro atoms. The number of ether oxygens (including phenoxy) is 2. The fourth-order valence-electron chi connectivity index (χ4n) is 2.89. The largest absolute Gasteiger partial charge is 0.435 e. The molecule has 0 aliphatic carbocycles. The molecule has 2 aromatic carbocycles. The molecule has 7 nitrogen and oxygen atoms in total. The third-order valence-corrected chi connectivity index (χ3v) is 5.58. The van der Waals surface area contributed by atoms with Gasteiger partial charge < -0.3 is 14.8 Å². The summed E-state index contributed by atoms with van der Waals surface area (Å²) in [6.45, 7) is -2.56. The summed E-state index contributed by atoms with van der Waals surface area (Å²) in [5.41, 5.74) is 0.181. The number of hydrogen-bond donors (Lipinski definition) is 1. The first-order valence-corrected chi connectivity index (χ1v) is 10.5. The maximum atomic E-state index is 13.8. The number of amidine groups is 1. The molecule has 2 aromatic rings. The van der Waals surface area contributed by atoms with E-state index >= 15 is 0 Å². The van der Waals surface area contributed by atoms with Gasteiger partial charge in [-0.3, -0.25) is 14.5 Å². The molecule has 1 fully saturated rings. The Kier molecular flexibility index (Phi) is 8.28. The molecule has 1 saturated heterocycles. The number of hydrogen-bond acceptors (Lipinski definition) is 6. The standard InChI is InChI=1S/C21H19F4N3O4S/c1-31-9-8-28-19(30)17(11-18(29)27-16-7-2-12(22)10-15(16)23)33-21(28)26-13-3-5-14(6-4-13)32-20(24)25/h2-7,10,17,20H,8-9,11H2,1H3,(H,27,29). The Balaban J connectivity index is 1.72. The average molecular weight is 485 g/mol. The van der Waals surface area contributed by atoms with E-state index in [0.29, 0.717) is 16.9 Å². The van der Waals surface area contributed by atoms with Crippen LogP contribution in [0, 0.1) is 11.6 Å². The van der Waals surface area contributed by atoms with Crippen molar-refractivity contribution in [3.8, 4) is 5.75 Å². The predicted octanol–water partition coefficient (Wildman–Crippen LogP) is 4.17. The van der Waals surface area contributed by atoms with Crippen LogP contribution < -0.4 is 10.1 Å². The van der Waals surface area contributed by atoms with Crippen molar-refractivity contribution in [2.75, 3.05) is 25.6 Å². The van der Waals surface area contributed by atoms with Crippen molar-refractivity contribution in [3.63, 3.8) is 0 Å². The number of nitrogens with zero attached hydrogens (tertiary/aromatic N) is 2. The molecule has 0 saturated carbocycles. The number of carbonyl (C=O) groups is 2. The monoisotopic (exact) mass is 485 g/mol. The molecule has 1 unspecified atom stereocenters. The van der Waals surface area contributed by atoms with Crippen LogP contribution in [0.3, 0.4) is 0 Å². The van der Waals surface area contributed by atoms with Gasteiger partial charge in [-0.15, -0.1) is 0 Å². The van der Waals surface area contributed by atoms with Crippen LogP contribution in [0.2, 0.25) is 0 Å². The zero-order valence-electron chi connectivity index (χ0n) is 17.3. The van der Waals surface area contributed by atoms with Gasteiger partial charge in [0.25, 0.3) is 0 Å². The van der Waals surface area contributed by atoms with E-state index < -0.39 is 29.4 Å². The van der Waals surface area contributed by atoms with E-state index in [1.54, 1.807) is 0 Å². The van der Waals surface area contributed by atoms with Crippen molar-refractivity contribution in [2.24, 2.45) is 4.99 Å². The molecule has 0 aromatic heterocycles. The van der Waals surface area contributed by atoms with Crippen LogP contribution in [0.5, 0.6) is 5.75 Å². The number of halogens is 4. The number of nitrogens with one attached hydrogen (secondary N) is 1. The Bertz CT molecular complexity index is 1040. The highest BCUT2D eigenvalue weighted by Crippen LogP contribution is 2.32. The van der Waals surface area contributed by atoms with Gasteiger partial charge >= 0.3 is 6.61 Å². The summed E-state index contributed by atoms with van der Waals surface area (Å²) in [5.74, 6) is -2.77. The molecule has 12 heteroatoms. The van der Waals surface area contributed by atoms with Crippen LogP contribution in [0.15, 0.2) is 47.5 Å². The lowest BCUT2D eigenvalue weighted by molar-refractivity contribution is -0.128. The van der Waals surface area contributed by atoms with Gasteiger partial charge in [0, 0.05) is 19.6 Å². The van der Waals surface area contributed by atoms with E-state index in [2.05, 4.69) is 15.0 Å². The molecular formula is C21H19F4N3O4S. The second kappa shape index (κ2) is 11.1. The lowest BCUT2D eigenvalue weighted by Gasteiger charge is -2.15. The minimum Gasteiger partial charge on any atom is -0.435 e. The first-order chi connectivity index (χ1) is 15.8. The van der Waals surface area contributed by atoms with E-state index in [1.165, 1.54) is 36.3 Å². The van der Waals surface area contributed by atoms with Gasteiger partial charge in [-0.05, 0) is 36.4 Å². The molecule has 1 heterocycles. The van der Waals surface area contributed by atoms with Gasteiger partial charge in [0.05, 0.1) is 24.5 Å². The minimum absolute atomic E-state index is 0.0390. The first kappa shape index (κ1) is 24.5. The number of carbonyl (C=O) groups excluding carboxylic acids is 2.